The van der Waals surface area contributed by atoms with Gasteiger partial charge in [-0.15, -0.1) is 0 Å². The number of hydrogen-bond acceptors (Lipinski definition) is 3. The molecule has 0 saturated heterocycles. The monoisotopic (exact) mass is 346 g/mol. The lowest BCUT2D eigenvalue weighted by Crippen LogP contribution is -2.26. The number of fused-ring (bicyclic) bond motifs is 1. The van der Waals surface area contributed by atoms with Crippen LogP contribution in [0.5, 0.6) is 0 Å². The molecular weight excluding hydrogens is 336 g/mol. The highest BCUT2D eigenvalue weighted by Crippen LogP contribution is 2.28. The molecule has 0 saturated carbocycles. The van der Waals surface area contributed by atoms with Gasteiger partial charge in [0.05, 0.1) is 15.0 Å². The summed E-state index contributed by atoms with van der Waals surface area (Å²) in [5.41, 5.74) is 0.843. The molecule has 0 spiro atoms. The van der Waals surface area contributed by atoms with Crippen LogP contribution in [0.1, 0.15) is 13.8 Å². The third-order valence-electron chi connectivity index (χ3n) is 2.42. The van der Waals surface area contributed by atoms with E-state index in [-0.39, 0.29) is 16.7 Å². The quantitative estimate of drug-likeness (QED) is 0.841. The van der Waals surface area contributed by atoms with Crippen LogP contribution in [0.2, 0.25) is 5.02 Å². The summed E-state index contributed by atoms with van der Waals surface area (Å²) in [5, 5.41) is 4.08. The van der Waals surface area contributed by atoms with Crippen molar-refractivity contribution in [3.8, 4) is 0 Å². The molecular formula is C12H12BrClN2OS. The van der Waals surface area contributed by atoms with Crippen LogP contribution in [0.3, 0.4) is 0 Å². The number of benzene rings is 1. The van der Waals surface area contributed by atoms with E-state index in [4.69, 9.17) is 11.6 Å². The van der Waals surface area contributed by atoms with Gasteiger partial charge in [-0.3, -0.25) is 4.79 Å². The molecule has 3 nitrogen and oxygen atoms in total. The van der Waals surface area contributed by atoms with Crippen LogP contribution in [0.25, 0.3) is 10.2 Å². The minimum atomic E-state index is -0.215. The number of nitrogens with zero attached hydrogens (tertiary/aromatic N) is 1. The average Bonchev–Trinajstić information content (AvgIpc) is 2.68. The molecule has 96 valence electrons. The van der Waals surface area contributed by atoms with Crippen molar-refractivity contribution < 1.29 is 4.79 Å². The maximum atomic E-state index is 11.9. The summed E-state index contributed by atoms with van der Waals surface area (Å²) in [6.07, 6.45) is 0. The highest BCUT2D eigenvalue weighted by molar-refractivity contribution is 9.10. The predicted molar refractivity (Wildman–Crippen MR) is 80.8 cm³/mol. The molecule has 2 aromatic rings. The second kappa shape index (κ2) is 5.55. The summed E-state index contributed by atoms with van der Waals surface area (Å²) in [6.45, 7) is 3.97. The topological polar surface area (TPSA) is 42.0 Å². The summed E-state index contributed by atoms with van der Waals surface area (Å²) in [5.74, 6) is 0.156. The van der Waals surface area contributed by atoms with Crippen molar-refractivity contribution in [3.05, 3.63) is 23.2 Å². The predicted octanol–water partition coefficient (Wildman–Crippen LogP) is 4.31. The summed E-state index contributed by atoms with van der Waals surface area (Å²) < 4.78 is 0.966. The molecule has 1 aromatic carbocycles. The lowest BCUT2D eigenvalue weighted by Gasteiger charge is -2.11. The van der Waals surface area contributed by atoms with Crippen molar-refractivity contribution in [1.29, 1.82) is 0 Å². The van der Waals surface area contributed by atoms with Gasteiger partial charge in [-0.1, -0.05) is 52.7 Å². The van der Waals surface area contributed by atoms with Gasteiger partial charge >= 0.3 is 0 Å². The molecule has 6 heteroatoms. The normalized spacial score (nSPS) is 12.9. The summed E-state index contributed by atoms with van der Waals surface area (Å²) in [6, 6.07) is 5.48. The minimum Gasteiger partial charge on any atom is -0.301 e. The highest BCUT2D eigenvalue weighted by atomic mass is 79.9. The average molecular weight is 348 g/mol. The molecule has 1 N–H and O–H groups in total. The van der Waals surface area contributed by atoms with E-state index in [9.17, 15) is 4.79 Å². The van der Waals surface area contributed by atoms with Crippen molar-refractivity contribution in [2.24, 2.45) is 5.92 Å². The van der Waals surface area contributed by atoms with E-state index in [0.29, 0.717) is 10.2 Å². The Kier molecular flexibility index (Phi) is 4.25. The fraction of sp³-hybridized carbons (Fsp3) is 0.333. The second-order valence-corrected chi connectivity index (χ2v) is 6.72. The number of nitrogens with one attached hydrogen (secondary N) is 1. The first-order valence-electron chi connectivity index (χ1n) is 5.48. The molecule has 0 bridgehead atoms. The van der Waals surface area contributed by atoms with Crippen molar-refractivity contribution in [2.75, 3.05) is 5.32 Å². The maximum Gasteiger partial charge on any atom is 0.240 e. The van der Waals surface area contributed by atoms with Crippen molar-refractivity contribution >= 4 is 60.1 Å². The van der Waals surface area contributed by atoms with E-state index in [2.05, 4.69) is 26.2 Å². The molecule has 0 aliphatic carbocycles. The van der Waals surface area contributed by atoms with Crippen LogP contribution in [-0.4, -0.2) is 15.7 Å². The number of anilines is 1. The zero-order chi connectivity index (χ0) is 13.3. The van der Waals surface area contributed by atoms with Crippen molar-refractivity contribution in [2.45, 2.75) is 18.7 Å². The zero-order valence-electron chi connectivity index (χ0n) is 9.91. The molecule has 1 amide bonds. The van der Waals surface area contributed by atoms with Crippen LogP contribution in [0.15, 0.2) is 18.2 Å². The SMILES string of the molecule is CC(C)[C@@H](Br)C(=O)Nc1nc2ccc(Cl)cc2s1. The van der Waals surface area contributed by atoms with Crippen molar-refractivity contribution in [1.82, 2.24) is 4.98 Å². The Morgan fingerprint density at radius 2 is 2.22 bits per heavy atom. The molecule has 18 heavy (non-hydrogen) atoms. The molecule has 1 atom stereocenters. The van der Waals surface area contributed by atoms with E-state index in [1.54, 1.807) is 6.07 Å². The van der Waals surface area contributed by atoms with Gasteiger partial charge < -0.3 is 5.32 Å². The van der Waals surface area contributed by atoms with Gasteiger partial charge in [0.15, 0.2) is 5.13 Å². The number of halogens is 2. The number of hydrogen-bond donors (Lipinski definition) is 1. The van der Waals surface area contributed by atoms with E-state index in [1.807, 2.05) is 26.0 Å². The van der Waals surface area contributed by atoms with E-state index < -0.39 is 0 Å². The van der Waals surface area contributed by atoms with Crippen LogP contribution in [0.4, 0.5) is 5.13 Å². The largest absolute Gasteiger partial charge is 0.301 e. The van der Waals surface area contributed by atoms with E-state index in [0.717, 1.165) is 10.2 Å². The minimum absolute atomic E-state index is 0.0739. The zero-order valence-corrected chi connectivity index (χ0v) is 13.1. The Hall–Kier alpha value is -0.650. The molecule has 2 rings (SSSR count). The van der Waals surface area contributed by atoms with E-state index in [1.165, 1.54) is 11.3 Å². The molecule has 0 radical (unpaired) electrons. The van der Waals surface area contributed by atoms with E-state index >= 15 is 0 Å². The number of thiazole rings is 1. The third-order valence-corrected chi connectivity index (χ3v) is 5.06. The number of rotatable bonds is 3. The first-order chi connectivity index (χ1) is 8.47. The van der Waals surface area contributed by atoms with Gasteiger partial charge in [0.2, 0.25) is 5.91 Å². The Bertz CT molecular complexity index is 584. The number of amides is 1. The highest BCUT2D eigenvalue weighted by Gasteiger charge is 2.19. The number of carbonyl (C=O) groups is 1. The van der Waals surface area contributed by atoms with Gasteiger partial charge in [0, 0.05) is 5.02 Å². The summed E-state index contributed by atoms with van der Waals surface area (Å²) in [7, 11) is 0. The van der Waals surface area contributed by atoms with Gasteiger partial charge in [-0.2, -0.15) is 0 Å². The van der Waals surface area contributed by atoms with Crippen LogP contribution in [-0.2, 0) is 4.79 Å². The van der Waals surface area contributed by atoms with Gasteiger partial charge in [0.25, 0.3) is 0 Å². The Balaban J connectivity index is 2.20. The number of carbonyl (C=O) groups excluding carboxylic acids is 1. The molecule has 1 aromatic heterocycles. The molecule has 1 heterocycles. The molecule has 0 fully saturated rings. The van der Waals surface area contributed by atoms with Crippen LogP contribution in [0, 0.1) is 5.92 Å². The van der Waals surface area contributed by atoms with Crippen LogP contribution < -0.4 is 5.32 Å². The van der Waals surface area contributed by atoms with Crippen molar-refractivity contribution in [3.63, 3.8) is 0 Å². The standard InChI is InChI=1S/C12H12BrClN2OS/c1-6(2)10(13)11(17)16-12-15-8-4-3-7(14)5-9(8)18-12/h3-6,10H,1-2H3,(H,15,16,17)/t10-/m1/s1. The van der Waals surface area contributed by atoms with Gasteiger partial charge in [-0.25, -0.2) is 4.98 Å². The Morgan fingerprint density at radius 1 is 1.50 bits per heavy atom. The second-order valence-electron chi connectivity index (χ2n) is 4.27. The molecule has 0 aliphatic rings. The third kappa shape index (κ3) is 3.02. The first kappa shape index (κ1) is 13.8. The first-order valence-corrected chi connectivity index (χ1v) is 7.59. The summed E-state index contributed by atoms with van der Waals surface area (Å²) in [4.78, 5) is 16.0. The Morgan fingerprint density at radius 3 is 2.89 bits per heavy atom. The fourth-order valence-corrected chi connectivity index (χ4v) is 2.69. The lowest BCUT2D eigenvalue weighted by atomic mass is 10.1. The molecule has 0 unspecified atom stereocenters. The Labute approximate surface area is 123 Å². The van der Waals surface area contributed by atoms with Gasteiger partial charge in [-0.05, 0) is 24.1 Å². The van der Waals surface area contributed by atoms with Gasteiger partial charge in [0.1, 0.15) is 0 Å². The summed E-state index contributed by atoms with van der Waals surface area (Å²) >= 11 is 10.7. The van der Waals surface area contributed by atoms with Crippen LogP contribution >= 0.6 is 38.9 Å². The smallest absolute Gasteiger partial charge is 0.240 e. The molecule has 0 aliphatic heterocycles. The number of aromatic nitrogens is 1. The lowest BCUT2D eigenvalue weighted by molar-refractivity contribution is -0.116. The fourth-order valence-electron chi connectivity index (χ4n) is 1.43. The maximum absolute atomic E-state index is 11.9. The number of alkyl halides is 1.